The molecule has 0 aromatic rings. The van der Waals surface area contributed by atoms with E-state index in [1.165, 1.54) is 32.1 Å². The van der Waals surface area contributed by atoms with Crippen molar-refractivity contribution in [2.45, 2.75) is 84.8 Å². The summed E-state index contributed by atoms with van der Waals surface area (Å²) < 4.78 is 5.50. The largest absolute Gasteiger partial charge is 0.465 e. The van der Waals surface area contributed by atoms with Gasteiger partial charge < -0.3 is 4.74 Å². The number of esters is 1. The Morgan fingerprint density at radius 3 is 2.75 bits per heavy atom. The highest BCUT2D eigenvalue weighted by atomic mass is 32.2. The van der Waals surface area contributed by atoms with Gasteiger partial charge in [0.2, 0.25) is 0 Å². The van der Waals surface area contributed by atoms with Crippen LogP contribution in [0.25, 0.3) is 0 Å². The van der Waals surface area contributed by atoms with Crippen molar-refractivity contribution >= 4 is 17.7 Å². The van der Waals surface area contributed by atoms with Crippen LogP contribution in [0.15, 0.2) is 11.6 Å². The highest BCUT2D eigenvalue weighted by Crippen LogP contribution is 2.34. The van der Waals surface area contributed by atoms with Crippen molar-refractivity contribution in [1.29, 1.82) is 0 Å². The standard InChI is InChI=1S/C21H38O2S/c1-6-8-9-18(7-2)15-23-21(22)12-13-24-20-14-19(16(3)4)11-10-17(20)5/h14,16-18,20H,6-13,15H2,1-5H3. The van der Waals surface area contributed by atoms with Gasteiger partial charge in [0, 0.05) is 11.0 Å². The molecule has 2 nitrogen and oxygen atoms in total. The first-order chi connectivity index (χ1) is 11.5. The second-order valence-corrected chi connectivity index (χ2v) is 8.88. The number of hydrogen-bond donors (Lipinski definition) is 0. The molecular formula is C21H38O2S. The summed E-state index contributed by atoms with van der Waals surface area (Å²) in [5.74, 6) is 2.76. The van der Waals surface area contributed by atoms with Gasteiger partial charge in [-0.05, 0) is 37.0 Å². The average molecular weight is 355 g/mol. The first-order valence-corrected chi connectivity index (χ1v) is 11.0. The SMILES string of the molecule is CCCCC(CC)COC(=O)CCSC1C=C(C(C)C)CCC1C. The van der Waals surface area contributed by atoms with Gasteiger partial charge in [0.1, 0.15) is 0 Å². The summed E-state index contributed by atoms with van der Waals surface area (Å²) in [6, 6.07) is 0. The summed E-state index contributed by atoms with van der Waals surface area (Å²) in [7, 11) is 0. The van der Waals surface area contributed by atoms with Crippen molar-refractivity contribution < 1.29 is 9.53 Å². The summed E-state index contributed by atoms with van der Waals surface area (Å²) >= 11 is 1.93. The summed E-state index contributed by atoms with van der Waals surface area (Å²) in [4.78, 5) is 12.0. The molecule has 0 heterocycles. The van der Waals surface area contributed by atoms with Gasteiger partial charge >= 0.3 is 5.97 Å². The predicted octanol–water partition coefficient (Wildman–Crippen LogP) is 6.25. The number of carbonyl (C=O) groups excluding carboxylic acids is 1. The van der Waals surface area contributed by atoms with Gasteiger partial charge in [-0.25, -0.2) is 0 Å². The summed E-state index contributed by atoms with van der Waals surface area (Å²) in [5.41, 5.74) is 1.59. The number of ether oxygens (including phenoxy) is 1. The molecule has 0 amide bonds. The first-order valence-electron chi connectivity index (χ1n) is 9.95. The highest BCUT2D eigenvalue weighted by molar-refractivity contribution is 8.00. The highest BCUT2D eigenvalue weighted by Gasteiger charge is 2.22. The van der Waals surface area contributed by atoms with Crippen LogP contribution in [0.1, 0.15) is 79.6 Å². The Bertz CT molecular complexity index is 389. The molecule has 0 saturated carbocycles. The molecule has 3 unspecified atom stereocenters. The third-order valence-corrected chi connectivity index (χ3v) is 6.63. The molecule has 24 heavy (non-hydrogen) atoms. The fourth-order valence-electron chi connectivity index (χ4n) is 3.17. The van der Waals surface area contributed by atoms with Crippen LogP contribution in [0.4, 0.5) is 0 Å². The lowest BCUT2D eigenvalue weighted by atomic mass is 9.86. The fraction of sp³-hybridized carbons (Fsp3) is 0.857. The van der Waals surface area contributed by atoms with Crippen molar-refractivity contribution in [3.05, 3.63) is 11.6 Å². The summed E-state index contributed by atoms with van der Waals surface area (Å²) in [6.45, 7) is 11.9. The van der Waals surface area contributed by atoms with Crippen molar-refractivity contribution in [3.63, 3.8) is 0 Å². The van der Waals surface area contributed by atoms with E-state index in [4.69, 9.17) is 4.74 Å². The number of unbranched alkanes of at least 4 members (excludes halogenated alkanes) is 1. The zero-order valence-corrected chi connectivity index (χ0v) is 17.3. The van der Waals surface area contributed by atoms with Crippen LogP contribution in [0.2, 0.25) is 0 Å². The van der Waals surface area contributed by atoms with E-state index in [1.807, 2.05) is 11.8 Å². The molecule has 1 aliphatic carbocycles. The zero-order valence-electron chi connectivity index (χ0n) is 16.5. The van der Waals surface area contributed by atoms with Gasteiger partial charge in [-0.2, -0.15) is 11.8 Å². The van der Waals surface area contributed by atoms with E-state index in [0.717, 1.165) is 12.2 Å². The molecule has 3 atom stereocenters. The number of thioether (sulfide) groups is 1. The molecular weight excluding hydrogens is 316 g/mol. The van der Waals surface area contributed by atoms with Crippen molar-refractivity contribution in [2.24, 2.45) is 17.8 Å². The van der Waals surface area contributed by atoms with Crippen LogP contribution in [-0.2, 0) is 9.53 Å². The normalized spacial score (nSPS) is 22.3. The number of rotatable bonds is 11. The van der Waals surface area contributed by atoms with E-state index in [1.54, 1.807) is 5.57 Å². The van der Waals surface area contributed by atoms with Gasteiger partial charge in [0.05, 0.1) is 13.0 Å². The number of carbonyl (C=O) groups is 1. The zero-order chi connectivity index (χ0) is 17.9. The number of hydrogen-bond acceptors (Lipinski definition) is 3. The maximum absolute atomic E-state index is 12.0. The third-order valence-electron chi connectivity index (χ3n) is 5.21. The summed E-state index contributed by atoms with van der Waals surface area (Å²) in [6.07, 6.45) is 10.3. The molecule has 0 N–H and O–H groups in total. The molecule has 0 fully saturated rings. The molecule has 3 heteroatoms. The smallest absolute Gasteiger partial charge is 0.306 e. The van der Waals surface area contributed by atoms with Crippen LogP contribution >= 0.6 is 11.8 Å². The molecule has 0 bridgehead atoms. The monoisotopic (exact) mass is 354 g/mol. The first kappa shape index (κ1) is 21.6. The second kappa shape index (κ2) is 12.0. The lowest BCUT2D eigenvalue weighted by Gasteiger charge is -2.28. The Hall–Kier alpha value is -0.440. The van der Waals surface area contributed by atoms with Gasteiger partial charge in [0.25, 0.3) is 0 Å². The lowest BCUT2D eigenvalue weighted by molar-refractivity contribution is -0.144. The molecule has 140 valence electrons. The Labute approximate surface area is 154 Å². The molecule has 0 radical (unpaired) electrons. The minimum Gasteiger partial charge on any atom is -0.465 e. The van der Waals surface area contributed by atoms with E-state index in [0.29, 0.717) is 36.0 Å². The third kappa shape index (κ3) is 8.09. The predicted molar refractivity (Wildman–Crippen MR) is 106 cm³/mol. The Morgan fingerprint density at radius 2 is 2.12 bits per heavy atom. The summed E-state index contributed by atoms with van der Waals surface area (Å²) in [5, 5.41) is 0.567. The molecule has 0 aromatic heterocycles. The van der Waals surface area contributed by atoms with Crippen molar-refractivity contribution in [2.75, 3.05) is 12.4 Å². The van der Waals surface area contributed by atoms with E-state index in [9.17, 15) is 4.79 Å². The van der Waals surface area contributed by atoms with Crippen LogP contribution in [0, 0.1) is 17.8 Å². The quantitative estimate of drug-likeness (QED) is 0.324. The molecule has 1 aliphatic rings. The Kier molecular flexibility index (Phi) is 10.8. The molecule has 0 aliphatic heterocycles. The fourth-order valence-corrected chi connectivity index (χ4v) is 4.46. The van der Waals surface area contributed by atoms with Gasteiger partial charge in [-0.15, -0.1) is 0 Å². The van der Waals surface area contributed by atoms with E-state index in [2.05, 4.69) is 40.7 Å². The van der Waals surface area contributed by atoms with Crippen LogP contribution in [-0.4, -0.2) is 23.6 Å². The molecule has 1 rings (SSSR count). The average Bonchev–Trinajstić information content (AvgIpc) is 2.56. The van der Waals surface area contributed by atoms with Gasteiger partial charge in [-0.3, -0.25) is 4.79 Å². The van der Waals surface area contributed by atoms with E-state index < -0.39 is 0 Å². The maximum Gasteiger partial charge on any atom is 0.306 e. The van der Waals surface area contributed by atoms with E-state index in [-0.39, 0.29) is 5.97 Å². The van der Waals surface area contributed by atoms with Crippen LogP contribution < -0.4 is 0 Å². The van der Waals surface area contributed by atoms with Crippen molar-refractivity contribution in [3.8, 4) is 0 Å². The van der Waals surface area contributed by atoms with E-state index >= 15 is 0 Å². The Balaban J connectivity index is 2.28. The topological polar surface area (TPSA) is 26.3 Å². The number of allylic oxidation sites excluding steroid dienone is 1. The van der Waals surface area contributed by atoms with Crippen LogP contribution in [0.3, 0.4) is 0 Å². The second-order valence-electron chi connectivity index (χ2n) is 7.60. The minimum atomic E-state index is -0.0195. The molecule has 0 spiro atoms. The molecule has 0 saturated heterocycles. The molecule has 0 aromatic carbocycles. The van der Waals surface area contributed by atoms with Crippen LogP contribution in [0.5, 0.6) is 0 Å². The minimum absolute atomic E-state index is 0.0195. The maximum atomic E-state index is 12.0. The Morgan fingerprint density at radius 1 is 1.38 bits per heavy atom. The lowest BCUT2D eigenvalue weighted by Crippen LogP contribution is -2.20. The van der Waals surface area contributed by atoms with Gasteiger partial charge in [-0.1, -0.05) is 65.5 Å². The van der Waals surface area contributed by atoms with Crippen molar-refractivity contribution in [1.82, 2.24) is 0 Å². The van der Waals surface area contributed by atoms with Gasteiger partial charge in [0.15, 0.2) is 0 Å².